The second-order valence-electron chi connectivity index (χ2n) is 8.81. The highest BCUT2D eigenvalue weighted by Gasteiger charge is 2.20. The fourth-order valence-electron chi connectivity index (χ4n) is 4.61. The molecule has 1 aliphatic heterocycles. The van der Waals surface area contributed by atoms with Gasteiger partial charge >= 0.3 is 0 Å². The second-order valence-corrected chi connectivity index (χ2v) is 9.24. The second kappa shape index (κ2) is 9.07. The molecule has 4 nitrogen and oxygen atoms in total. The van der Waals surface area contributed by atoms with Crippen LogP contribution in [0.15, 0.2) is 66.9 Å². The summed E-state index contributed by atoms with van der Waals surface area (Å²) in [6.45, 7) is 7.48. The quantitative estimate of drug-likeness (QED) is 0.399. The predicted octanol–water partition coefficient (Wildman–Crippen LogP) is 5.77. The zero-order chi connectivity index (χ0) is 22.1. The van der Waals surface area contributed by atoms with Gasteiger partial charge in [-0.25, -0.2) is 4.98 Å². The minimum Gasteiger partial charge on any atom is -0.305 e. The van der Waals surface area contributed by atoms with Crippen molar-refractivity contribution in [3.63, 3.8) is 0 Å². The molecule has 0 N–H and O–H groups in total. The maximum absolute atomic E-state index is 6.17. The molecular formula is C27H29ClN4. The summed E-state index contributed by atoms with van der Waals surface area (Å²) in [6.07, 6.45) is 3.45. The number of hydrogen-bond donors (Lipinski definition) is 0. The lowest BCUT2D eigenvalue weighted by atomic mass is 10.0. The molecule has 1 aliphatic rings. The SMILES string of the molecule is Cc1ccccc1-c1ccc2nc(-c3ccc(Cl)cc3)c(CN3CCCN(C)CC3)n2c1. The summed E-state index contributed by atoms with van der Waals surface area (Å²) in [5.74, 6) is 0. The van der Waals surface area contributed by atoms with E-state index in [1.54, 1.807) is 0 Å². The predicted molar refractivity (Wildman–Crippen MR) is 133 cm³/mol. The number of fused-ring (bicyclic) bond motifs is 1. The Hall–Kier alpha value is -2.66. The van der Waals surface area contributed by atoms with Gasteiger partial charge in [-0.2, -0.15) is 0 Å². The molecule has 0 amide bonds. The molecule has 5 rings (SSSR count). The average molecular weight is 445 g/mol. The van der Waals surface area contributed by atoms with E-state index in [4.69, 9.17) is 16.6 Å². The van der Waals surface area contributed by atoms with E-state index < -0.39 is 0 Å². The third-order valence-electron chi connectivity index (χ3n) is 6.48. The number of hydrogen-bond acceptors (Lipinski definition) is 3. The van der Waals surface area contributed by atoms with Crippen LogP contribution in [-0.4, -0.2) is 52.4 Å². The molecule has 2 aromatic heterocycles. The van der Waals surface area contributed by atoms with Crippen LogP contribution < -0.4 is 0 Å². The average Bonchev–Trinajstić information content (AvgIpc) is 3.01. The Kier molecular flexibility index (Phi) is 6.01. The van der Waals surface area contributed by atoms with Crippen LogP contribution >= 0.6 is 11.6 Å². The number of aromatic nitrogens is 2. The van der Waals surface area contributed by atoms with Crippen LogP contribution in [0.2, 0.25) is 5.02 Å². The first-order chi connectivity index (χ1) is 15.6. The largest absolute Gasteiger partial charge is 0.305 e. The van der Waals surface area contributed by atoms with E-state index in [1.807, 2.05) is 12.1 Å². The summed E-state index contributed by atoms with van der Waals surface area (Å²) in [6, 6.07) is 20.9. The summed E-state index contributed by atoms with van der Waals surface area (Å²) in [4.78, 5) is 10.0. The van der Waals surface area contributed by atoms with Crippen molar-refractivity contribution >= 4 is 17.2 Å². The number of rotatable bonds is 4. The van der Waals surface area contributed by atoms with Crippen LogP contribution in [0.5, 0.6) is 0 Å². The molecule has 5 heteroatoms. The van der Waals surface area contributed by atoms with Crippen molar-refractivity contribution < 1.29 is 0 Å². The topological polar surface area (TPSA) is 23.8 Å². The van der Waals surface area contributed by atoms with Gasteiger partial charge in [0.2, 0.25) is 0 Å². The molecule has 3 heterocycles. The molecule has 2 aromatic carbocycles. The van der Waals surface area contributed by atoms with E-state index in [9.17, 15) is 0 Å². The summed E-state index contributed by atoms with van der Waals surface area (Å²) in [5, 5.41) is 0.747. The van der Waals surface area contributed by atoms with Gasteiger partial charge in [-0.1, -0.05) is 48.0 Å². The molecule has 0 atom stereocenters. The van der Waals surface area contributed by atoms with Crippen molar-refractivity contribution in [1.29, 1.82) is 0 Å². The summed E-state index contributed by atoms with van der Waals surface area (Å²) < 4.78 is 2.29. The molecule has 0 saturated carbocycles. The molecular weight excluding hydrogens is 416 g/mol. The van der Waals surface area contributed by atoms with Crippen LogP contribution in [0.4, 0.5) is 0 Å². The van der Waals surface area contributed by atoms with Crippen molar-refractivity contribution in [2.24, 2.45) is 0 Å². The van der Waals surface area contributed by atoms with Gasteiger partial charge in [0.25, 0.3) is 0 Å². The molecule has 4 aromatic rings. The van der Waals surface area contributed by atoms with Crippen LogP contribution in [-0.2, 0) is 6.54 Å². The molecule has 0 aliphatic carbocycles. The lowest BCUT2D eigenvalue weighted by Crippen LogP contribution is -2.29. The van der Waals surface area contributed by atoms with Gasteiger partial charge in [0.15, 0.2) is 0 Å². The minimum atomic E-state index is 0.747. The Morgan fingerprint density at radius 3 is 2.47 bits per heavy atom. The Morgan fingerprint density at radius 2 is 1.66 bits per heavy atom. The summed E-state index contributed by atoms with van der Waals surface area (Å²) >= 11 is 6.17. The van der Waals surface area contributed by atoms with E-state index in [0.29, 0.717) is 0 Å². The Morgan fingerprint density at radius 1 is 0.875 bits per heavy atom. The molecule has 0 unspecified atom stereocenters. The molecule has 0 bridgehead atoms. The normalized spacial score (nSPS) is 15.8. The number of imidazole rings is 1. The maximum Gasteiger partial charge on any atom is 0.137 e. The van der Waals surface area contributed by atoms with Gasteiger partial charge in [0.1, 0.15) is 5.65 Å². The first kappa shape index (κ1) is 21.2. The van der Waals surface area contributed by atoms with Crippen LogP contribution in [0, 0.1) is 6.92 Å². The molecule has 1 fully saturated rings. The number of pyridine rings is 1. The summed E-state index contributed by atoms with van der Waals surface area (Å²) in [7, 11) is 2.21. The Balaban J connectivity index is 1.62. The minimum absolute atomic E-state index is 0.747. The smallest absolute Gasteiger partial charge is 0.137 e. The van der Waals surface area contributed by atoms with Crippen LogP contribution in [0.3, 0.4) is 0 Å². The number of aryl methyl sites for hydroxylation is 1. The van der Waals surface area contributed by atoms with E-state index in [-0.39, 0.29) is 0 Å². The molecule has 0 radical (unpaired) electrons. The van der Waals surface area contributed by atoms with Gasteiger partial charge in [0.05, 0.1) is 11.4 Å². The highest BCUT2D eigenvalue weighted by molar-refractivity contribution is 6.30. The highest BCUT2D eigenvalue weighted by Crippen LogP contribution is 2.30. The van der Waals surface area contributed by atoms with Crippen molar-refractivity contribution in [3.8, 4) is 22.4 Å². The van der Waals surface area contributed by atoms with E-state index >= 15 is 0 Å². The Labute approximate surface area is 195 Å². The lowest BCUT2D eigenvalue weighted by molar-refractivity contribution is 0.266. The zero-order valence-electron chi connectivity index (χ0n) is 18.8. The third-order valence-corrected chi connectivity index (χ3v) is 6.73. The van der Waals surface area contributed by atoms with Gasteiger partial charge in [-0.3, -0.25) is 4.90 Å². The van der Waals surface area contributed by atoms with Gasteiger partial charge in [-0.05, 0) is 74.4 Å². The van der Waals surface area contributed by atoms with Crippen molar-refractivity contribution in [2.75, 3.05) is 33.2 Å². The zero-order valence-corrected chi connectivity index (χ0v) is 19.5. The number of nitrogens with zero attached hydrogens (tertiary/aromatic N) is 4. The summed E-state index contributed by atoms with van der Waals surface area (Å²) in [5.41, 5.74) is 8.13. The number of halogens is 1. The van der Waals surface area contributed by atoms with Crippen molar-refractivity contribution in [2.45, 2.75) is 19.9 Å². The monoisotopic (exact) mass is 444 g/mol. The fourth-order valence-corrected chi connectivity index (χ4v) is 4.74. The first-order valence-corrected chi connectivity index (χ1v) is 11.7. The van der Waals surface area contributed by atoms with Crippen molar-refractivity contribution in [1.82, 2.24) is 19.2 Å². The van der Waals surface area contributed by atoms with Crippen LogP contribution in [0.1, 0.15) is 17.7 Å². The fraction of sp³-hybridized carbons (Fsp3) is 0.296. The van der Waals surface area contributed by atoms with E-state index in [0.717, 1.165) is 54.7 Å². The molecule has 32 heavy (non-hydrogen) atoms. The lowest BCUT2D eigenvalue weighted by Gasteiger charge is -2.21. The third kappa shape index (κ3) is 4.31. The van der Waals surface area contributed by atoms with Gasteiger partial charge < -0.3 is 9.30 Å². The van der Waals surface area contributed by atoms with Crippen LogP contribution in [0.25, 0.3) is 28.0 Å². The van der Waals surface area contributed by atoms with E-state index in [1.165, 1.54) is 28.8 Å². The highest BCUT2D eigenvalue weighted by atomic mass is 35.5. The Bertz CT molecular complexity index is 1230. The standard InChI is InChI=1S/C27H29ClN4/c1-20-6-3-4-7-24(20)22-10-13-26-29-27(21-8-11-23(28)12-9-21)25(32(26)18-22)19-31-15-5-14-30(2)16-17-31/h3-4,6-13,18H,5,14-17,19H2,1-2H3. The number of likely N-dealkylation sites (N-methyl/N-ethyl adjacent to an activating group) is 1. The maximum atomic E-state index is 6.17. The van der Waals surface area contributed by atoms with Gasteiger partial charge in [-0.15, -0.1) is 0 Å². The van der Waals surface area contributed by atoms with Gasteiger partial charge in [0, 0.05) is 36.4 Å². The number of benzene rings is 2. The molecule has 164 valence electrons. The van der Waals surface area contributed by atoms with Crippen molar-refractivity contribution in [3.05, 3.63) is 83.1 Å². The molecule has 1 saturated heterocycles. The van der Waals surface area contributed by atoms with E-state index in [2.05, 4.69) is 82.9 Å². The first-order valence-electron chi connectivity index (χ1n) is 11.3. The molecule has 0 spiro atoms.